The number of carbonyl (C=O) groups is 1. The van der Waals surface area contributed by atoms with Gasteiger partial charge in [0, 0.05) is 5.56 Å². The van der Waals surface area contributed by atoms with E-state index in [1.54, 1.807) is 0 Å². The number of carbonyl (C=O) groups excluding carboxylic acids is 1. The molecule has 2 rings (SSSR count). The fraction of sp³-hybridized carbons (Fsp3) is 0.154. The van der Waals surface area contributed by atoms with Crippen LogP contribution in [0.4, 0.5) is 13.2 Å². The van der Waals surface area contributed by atoms with Gasteiger partial charge in [-0.15, -0.1) is 0 Å². The monoisotopic (exact) mass is 282 g/mol. The van der Waals surface area contributed by atoms with Crippen molar-refractivity contribution in [2.24, 2.45) is 0 Å². The van der Waals surface area contributed by atoms with Crippen LogP contribution in [-0.2, 0) is 10.9 Å². The molecule has 20 heavy (non-hydrogen) atoms. The Morgan fingerprint density at radius 1 is 1.20 bits per heavy atom. The standard InChI is InChI=1S/C13H9F3N2O2/c1-20-12(19)11-6-10(17-7-18-11)8-4-2-3-5-9(8)13(14,15)16/h2-7H,1H3. The van der Waals surface area contributed by atoms with E-state index in [1.165, 1.54) is 18.2 Å². The van der Waals surface area contributed by atoms with Gasteiger partial charge < -0.3 is 4.74 Å². The molecule has 0 N–H and O–H groups in total. The first-order chi connectivity index (χ1) is 9.43. The second-order valence-corrected chi connectivity index (χ2v) is 3.82. The molecule has 104 valence electrons. The van der Waals surface area contributed by atoms with Crippen molar-refractivity contribution in [2.75, 3.05) is 7.11 Å². The number of esters is 1. The maximum Gasteiger partial charge on any atom is 0.417 e. The molecule has 1 aromatic heterocycles. The lowest BCUT2D eigenvalue weighted by molar-refractivity contribution is -0.137. The molecule has 0 atom stereocenters. The molecule has 0 amide bonds. The van der Waals surface area contributed by atoms with Crippen LogP contribution in [-0.4, -0.2) is 23.0 Å². The van der Waals surface area contributed by atoms with Gasteiger partial charge in [-0.05, 0) is 12.1 Å². The van der Waals surface area contributed by atoms with Gasteiger partial charge in [0.05, 0.1) is 18.4 Å². The van der Waals surface area contributed by atoms with E-state index in [0.717, 1.165) is 25.6 Å². The fourth-order valence-electron chi connectivity index (χ4n) is 1.67. The van der Waals surface area contributed by atoms with Crippen molar-refractivity contribution in [2.45, 2.75) is 6.18 Å². The molecule has 0 radical (unpaired) electrons. The van der Waals surface area contributed by atoms with Crippen molar-refractivity contribution in [3.05, 3.63) is 47.9 Å². The smallest absolute Gasteiger partial charge is 0.417 e. The highest BCUT2D eigenvalue weighted by Gasteiger charge is 2.33. The molecule has 0 saturated carbocycles. The first-order valence-electron chi connectivity index (χ1n) is 5.50. The van der Waals surface area contributed by atoms with E-state index >= 15 is 0 Å². The number of benzene rings is 1. The molecule has 7 heteroatoms. The summed E-state index contributed by atoms with van der Waals surface area (Å²) in [4.78, 5) is 18.8. The zero-order chi connectivity index (χ0) is 14.8. The summed E-state index contributed by atoms with van der Waals surface area (Å²) in [6.45, 7) is 0. The number of methoxy groups -OCH3 is 1. The third kappa shape index (κ3) is 2.76. The zero-order valence-corrected chi connectivity index (χ0v) is 10.3. The highest BCUT2D eigenvalue weighted by molar-refractivity contribution is 5.88. The first kappa shape index (κ1) is 14.0. The molecule has 0 unspecified atom stereocenters. The minimum atomic E-state index is -4.51. The molecule has 0 spiro atoms. The Balaban J connectivity index is 2.55. The van der Waals surface area contributed by atoms with Crippen molar-refractivity contribution in [1.82, 2.24) is 9.97 Å². The van der Waals surface area contributed by atoms with Gasteiger partial charge in [0.15, 0.2) is 5.69 Å². The third-order valence-electron chi connectivity index (χ3n) is 2.57. The fourth-order valence-corrected chi connectivity index (χ4v) is 1.67. The minimum absolute atomic E-state index is 0.00771. The van der Waals surface area contributed by atoms with Crippen molar-refractivity contribution < 1.29 is 22.7 Å². The average molecular weight is 282 g/mol. The molecular formula is C13H9F3N2O2. The molecule has 0 fully saturated rings. The SMILES string of the molecule is COC(=O)c1cc(-c2ccccc2C(F)(F)F)ncn1. The van der Waals surface area contributed by atoms with Crippen LogP contribution in [0, 0.1) is 0 Å². The predicted molar refractivity (Wildman–Crippen MR) is 63.8 cm³/mol. The van der Waals surface area contributed by atoms with Crippen molar-refractivity contribution in [3.8, 4) is 11.3 Å². The summed E-state index contributed by atoms with van der Waals surface area (Å²) in [5.41, 5.74) is -1.04. The molecule has 1 heterocycles. The largest absolute Gasteiger partial charge is 0.464 e. The van der Waals surface area contributed by atoms with Crippen molar-refractivity contribution in [1.29, 1.82) is 0 Å². The van der Waals surface area contributed by atoms with Gasteiger partial charge in [0.25, 0.3) is 0 Å². The maximum atomic E-state index is 12.9. The first-order valence-corrected chi connectivity index (χ1v) is 5.50. The number of rotatable bonds is 2. The number of halogens is 3. The molecule has 0 bridgehead atoms. The third-order valence-corrected chi connectivity index (χ3v) is 2.57. The summed E-state index contributed by atoms with van der Waals surface area (Å²) in [6.07, 6.45) is -3.48. The van der Waals surface area contributed by atoms with Gasteiger partial charge >= 0.3 is 12.1 Å². The summed E-state index contributed by atoms with van der Waals surface area (Å²) in [6, 6.07) is 6.15. The van der Waals surface area contributed by atoms with Crippen molar-refractivity contribution in [3.63, 3.8) is 0 Å². The van der Waals surface area contributed by atoms with E-state index in [4.69, 9.17) is 0 Å². The molecule has 2 aromatic rings. The second kappa shape index (κ2) is 5.28. The highest BCUT2D eigenvalue weighted by Crippen LogP contribution is 2.36. The topological polar surface area (TPSA) is 52.1 Å². The van der Waals surface area contributed by atoms with Crippen LogP contribution in [0.2, 0.25) is 0 Å². The summed E-state index contributed by atoms with van der Waals surface area (Å²) in [7, 11) is 1.16. The van der Waals surface area contributed by atoms with Gasteiger partial charge in [0.2, 0.25) is 0 Å². The van der Waals surface area contributed by atoms with Gasteiger partial charge in [0.1, 0.15) is 6.33 Å². The van der Waals surface area contributed by atoms with E-state index < -0.39 is 17.7 Å². The normalized spacial score (nSPS) is 11.2. The Hall–Kier alpha value is -2.44. The number of alkyl halides is 3. The Morgan fingerprint density at radius 2 is 1.90 bits per heavy atom. The number of hydrogen-bond acceptors (Lipinski definition) is 4. The van der Waals surface area contributed by atoms with Crippen LogP contribution < -0.4 is 0 Å². The Bertz CT molecular complexity index is 642. The molecule has 0 aliphatic rings. The lowest BCUT2D eigenvalue weighted by Crippen LogP contribution is -2.09. The van der Waals surface area contributed by atoms with Crippen LogP contribution in [0.5, 0.6) is 0 Å². The van der Waals surface area contributed by atoms with Crippen LogP contribution in [0.3, 0.4) is 0 Å². The Kier molecular flexibility index (Phi) is 3.69. The molecular weight excluding hydrogens is 273 g/mol. The van der Waals surface area contributed by atoms with Gasteiger partial charge in [-0.2, -0.15) is 13.2 Å². The number of hydrogen-bond donors (Lipinski definition) is 0. The summed E-state index contributed by atoms with van der Waals surface area (Å²) < 4.78 is 43.2. The zero-order valence-electron chi connectivity index (χ0n) is 10.3. The molecule has 4 nitrogen and oxygen atoms in total. The lowest BCUT2D eigenvalue weighted by Gasteiger charge is -2.12. The lowest BCUT2D eigenvalue weighted by atomic mass is 10.0. The summed E-state index contributed by atoms with van der Waals surface area (Å²) in [5.74, 6) is -0.738. The van der Waals surface area contributed by atoms with E-state index in [1.807, 2.05) is 0 Å². The average Bonchev–Trinajstić information content (AvgIpc) is 2.45. The van der Waals surface area contributed by atoms with Crippen molar-refractivity contribution >= 4 is 5.97 Å². The molecule has 0 aliphatic carbocycles. The molecule has 0 aliphatic heterocycles. The van der Waals surface area contributed by atoms with Crippen LogP contribution in [0.15, 0.2) is 36.7 Å². The van der Waals surface area contributed by atoms with Crippen LogP contribution >= 0.6 is 0 Å². The van der Waals surface area contributed by atoms with Crippen LogP contribution in [0.1, 0.15) is 16.1 Å². The molecule has 0 saturated heterocycles. The molecule has 1 aromatic carbocycles. The predicted octanol–water partition coefficient (Wildman–Crippen LogP) is 2.95. The Morgan fingerprint density at radius 3 is 2.55 bits per heavy atom. The summed E-state index contributed by atoms with van der Waals surface area (Å²) >= 11 is 0. The van der Waals surface area contributed by atoms with E-state index in [0.29, 0.717) is 0 Å². The minimum Gasteiger partial charge on any atom is -0.464 e. The number of nitrogens with zero attached hydrogens (tertiary/aromatic N) is 2. The highest BCUT2D eigenvalue weighted by atomic mass is 19.4. The Labute approximate surface area is 112 Å². The number of ether oxygens (including phenoxy) is 1. The summed E-state index contributed by atoms with van der Waals surface area (Å²) in [5, 5.41) is 0. The van der Waals surface area contributed by atoms with E-state index in [9.17, 15) is 18.0 Å². The quantitative estimate of drug-likeness (QED) is 0.795. The van der Waals surface area contributed by atoms with E-state index in [-0.39, 0.29) is 17.0 Å². The van der Waals surface area contributed by atoms with E-state index in [2.05, 4.69) is 14.7 Å². The van der Waals surface area contributed by atoms with Gasteiger partial charge in [-0.25, -0.2) is 14.8 Å². The van der Waals surface area contributed by atoms with Gasteiger partial charge in [-0.1, -0.05) is 18.2 Å². The maximum absolute atomic E-state index is 12.9. The van der Waals surface area contributed by atoms with Gasteiger partial charge in [-0.3, -0.25) is 0 Å². The van der Waals surface area contributed by atoms with Crippen LogP contribution in [0.25, 0.3) is 11.3 Å². The number of aromatic nitrogens is 2. The second-order valence-electron chi connectivity index (χ2n) is 3.82.